The minimum atomic E-state index is -3.77. The molecule has 0 radical (unpaired) electrons. The zero-order chi connectivity index (χ0) is 14.1. The van der Waals surface area contributed by atoms with Gasteiger partial charge in [0, 0.05) is 12.1 Å². The Morgan fingerprint density at radius 3 is 2.15 bits per heavy atom. The van der Waals surface area contributed by atoms with Gasteiger partial charge >= 0.3 is 0 Å². The molecule has 0 saturated heterocycles. The first kappa shape index (κ1) is 18.0. The monoisotopic (exact) mass is 358 g/mol. The minimum Gasteiger partial charge on any atom is -0.329 e. The predicted octanol–water partition coefficient (Wildman–Crippen LogP) is 2.97. The molecule has 0 unspecified atom stereocenters. The fourth-order valence-corrected chi connectivity index (χ4v) is 5.09. The Labute approximate surface area is 135 Å². The average molecular weight is 360 g/mol. The normalized spacial score (nSPS) is 17.8. The Kier molecular flexibility index (Phi) is 6.14. The molecule has 0 atom stereocenters. The first-order valence-corrected chi connectivity index (χ1v) is 8.32. The Bertz CT molecular complexity index is 552. The van der Waals surface area contributed by atoms with E-state index in [0.29, 0.717) is 0 Å². The topological polar surface area (TPSA) is 72.2 Å². The maximum absolute atomic E-state index is 12.5. The Balaban J connectivity index is 0.00000200. The van der Waals surface area contributed by atoms with Crippen LogP contribution >= 0.6 is 35.6 Å². The van der Waals surface area contributed by atoms with E-state index in [1.807, 2.05) is 0 Å². The van der Waals surface area contributed by atoms with Crippen LogP contribution in [0.15, 0.2) is 23.1 Å². The van der Waals surface area contributed by atoms with E-state index in [2.05, 4.69) is 4.72 Å². The van der Waals surface area contributed by atoms with Gasteiger partial charge in [-0.2, -0.15) is 0 Å². The summed E-state index contributed by atoms with van der Waals surface area (Å²) in [7, 11) is -3.77. The lowest BCUT2D eigenvalue weighted by Gasteiger charge is -2.28. The third-order valence-electron chi connectivity index (χ3n) is 3.49. The molecule has 114 valence electrons. The van der Waals surface area contributed by atoms with Gasteiger partial charge in [-0.15, -0.1) is 12.4 Å². The molecular weight excluding hydrogens is 343 g/mol. The van der Waals surface area contributed by atoms with Crippen molar-refractivity contribution in [1.29, 1.82) is 0 Å². The average Bonchev–Trinajstić information content (AvgIpc) is 2.77. The van der Waals surface area contributed by atoms with E-state index in [-0.39, 0.29) is 33.9 Å². The van der Waals surface area contributed by atoms with Crippen LogP contribution in [-0.4, -0.2) is 20.5 Å². The molecule has 0 aromatic heterocycles. The van der Waals surface area contributed by atoms with Crippen LogP contribution in [0.3, 0.4) is 0 Å². The van der Waals surface area contributed by atoms with Crippen molar-refractivity contribution < 1.29 is 8.42 Å². The molecule has 0 amide bonds. The maximum atomic E-state index is 12.5. The number of benzene rings is 1. The Morgan fingerprint density at radius 1 is 1.20 bits per heavy atom. The van der Waals surface area contributed by atoms with Gasteiger partial charge in [-0.05, 0) is 25.0 Å². The van der Waals surface area contributed by atoms with E-state index in [0.717, 1.165) is 25.7 Å². The molecule has 1 aromatic carbocycles. The van der Waals surface area contributed by atoms with Gasteiger partial charge in [-0.3, -0.25) is 0 Å². The SMILES string of the molecule is Cl.NCC1(NS(=O)(=O)c2c(Cl)cccc2Cl)CCCC1. The van der Waals surface area contributed by atoms with Gasteiger partial charge in [0.25, 0.3) is 0 Å². The van der Waals surface area contributed by atoms with Crippen molar-refractivity contribution in [3.05, 3.63) is 28.2 Å². The molecule has 2 rings (SSSR count). The molecule has 1 aliphatic carbocycles. The highest BCUT2D eigenvalue weighted by Crippen LogP contribution is 2.34. The van der Waals surface area contributed by atoms with Crippen LogP contribution in [0.2, 0.25) is 10.0 Å². The summed E-state index contributed by atoms with van der Waals surface area (Å²) in [6.45, 7) is 0.272. The van der Waals surface area contributed by atoms with Crippen LogP contribution in [0.25, 0.3) is 0 Å². The van der Waals surface area contributed by atoms with Gasteiger partial charge in [0.15, 0.2) is 0 Å². The van der Waals surface area contributed by atoms with E-state index in [4.69, 9.17) is 28.9 Å². The van der Waals surface area contributed by atoms with Gasteiger partial charge in [0.1, 0.15) is 4.90 Å². The van der Waals surface area contributed by atoms with Crippen molar-refractivity contribution in [2.24, 2.45) is 5.73 Å². The van der Waals surface area contributed by atoms with Gasteiger partial charge in [0.05, 0.1) is 10.0 Å². The van der Waals surface area contributed by atoms with E-state index >= 15 is 0 Å². The number of hydrogen-bond acceptors (Lipinski definition) is 3. The molecule has 3 N–H and O–H groups in total. The van der Waals surface area contributed by atoms with E-state index in [9.17, 15) is 8.42 Å². The molecule has 1 aromatic rings. The zero-order valence-corrected chi connectivity index (χ0v) is 13.9. The van der Waals surface area contributed by atoms with Crippen molar-refractivity contribution in [3.63, 3.8) is 0 Å². The first-order valence-electron chi connectivity index (χ1n) is 6.08. The molecule has 20 heavy (non-hydrogen) atoms. The van der Waals surface area contributed by atoms with E-state index in [1.54, 1.807) is 6.07 Å². The highest BCUT2D eigenvalue weighted by Gasteiger charge is 2.37. The largest absolute Gasteiger partial charge is 0.329 e. The molecule has 8 heteroatoms. The Morgan fingerprint density at radius 2 is 1.70 bits per heavy atom. The summed E-state index contributed by atoms with van der Waals surface area (Å²) in [5.41, 5.74) is 5.17. The van der Waals surface area contributed by atoms with Gasteiger partial charge in [-0.1, -0.05) is 42.1 Å². The third-order valence-corrected chi connectivity index (χ3v) is 6.02. The third kappa shape index (κ3) is 3.59. The fraction of sp³-hybridized carbons (Fsp3) is 0.500. The van der Waals surface area contributed by atoms with Crippen LogP contribution < -0.4 is 10.5 Å². The van der Waals surface area contributed by atoms with Crippen LogP contribution in [0.4, 0.5) is 0 Å². The fourth-order valence-electron chi connectivity index (χ4n) is 2.47. The van der Waals surface area contributed by atoms with E-state index in [1.165, 1.54) is 12.1 Å². The summed E-state index contributed by atoms with van der Waals surface area (Å²) in [6, 6.07) is 4.62. The molecule has 1 fully saturated rings. The molecule has 4 nitrogen and oxygen atoms in total. The second-order valence-corrected chi connectivity index (χ2v) is 7.28. The van der Waals surface area contributed by atoms with Crippen molar-refractivity contribution in [2.45, 2.75) is 36.1 Å². The summed E-state index contributed by atoms with van der Waals surface area (Å²) in [6.07, 6.45) is 3.42. The van der Waals surface area contributed by atoms with E-state index < -0.39 is 15.6 Å². The van der Waals surface area contributed by atoms with Gasteiger partial charge < -0.3 is 5.73 Å². The van der Waals surface area contributed by atoms with Crippen molar-refractivity contribution in [3.8, 4) is 0 Å². The lowest BCUT2D eigenvalue weighted by Crippen LogP contribution is -2.51. The van der Waals surface area contributed by atoms with Gasteiger partial charge in [-0.25, -0.2) is 13.1 Å². The number of nitrogens with one attached hydrogen (secondary N) is 1. The minimum absolute atomic E-state index is 0. The van der Waals surface area contributed by atoms with Crippen LogP contribution in [0, 0.1) is 0 Å². The molecule has 1 aliphatic rings. The van der Waals surface area contributed by atoms with Crippen LogP contribution in [0.1, 0.15) is 25.7 Å². The van der Waals surface area contributed by atoms with Crippen molar-refractivity contribution in [1.82, 2.24) is 4.72 Å². The zero-order valence-electron chi connectivity index (χ0n) is 10.7. The van der Waals surface area contributed by atoms with Crippen LogP contribution in [0.5, 0.6) is 0 Å². The van der Waals surface area contributed by atoms with Crippen molar-refractivity contribution in [2.75, 3.05) is 6.54 Å². The lowest BCUT2D eigenvalue weighted by molar-refractivity contribution is 0.399. The molecule has 1 saturated carbocycles. The second-order valence-electron chi connectivity index (χ2n) is 4.85. The summed E-state index contributed by atoms with van der Waals surface area (Å²) in [5, 5.41) is 0.232. The quantitative estimate of drug-likeness (QED) is 0.868. The first-order chi connectivity index (χ1) is 8.90. The molecular formula is C12H17Cl3N2O2S. The van der Waals surface area contributed by atoms with Crippen molar-refractivity contribution >= 4 is 45.6 Å². The number of rotatable bonds is 4. The predicted molar refractivity (Wildman–Crippen MR) is 84.3 cm³/mol. The number of hydrogen-bond donors (Lipinski definition) is 2. The summed E-state index contributed by atoms with van der Waals surface area (Å²) >= 11 is 11.9. The van der Waals surface area contributed by atoms with Crippen LogP contribution in [-0.2, 0) is 10.0 Å². The molecule has 0 aliphatic heterocycles. The molecule has 0 bridgehead atoms. The molecule has 0 heterocycles. The summed E-state index contributed by atoms with van der Waals surface area (Å²) in [5.74, 6) is 0. The molecule has 0 spiro atoms. The second kappa shape index (κ2) is 6.81. The smallest absolute Gasteiger partial charge is 0.244 e. The highest BCUT2D eigenvalue weighted by molar-refractivity contribution is 7.89. The standard InChI is InChI=1S/C12H16Cl2N2O2S.ClH/c13-9-4-3-5-10(14)11(9)19(17,18)16-12(8-15)6-1-2-7-12;/h3-5,16H,1-2,6-8,15H2;1H. The highest BCUT2D eigenvalue weighted by atomic mass is 35.5. The maximum Gasteiger partial charge on any atom is 0.244 e. The number of nitrogens with two attached hydrogens (primary N) is 1. The van der Waals surface area contributed by atoms with Gasteiger partial charge in [0.2, 0.25) is 10.0 Å². The number of halogens is 3. The Hall–Kier alpha value is -0.0400. The summed E-state index contributed by atoms with van der Waals surface area (Å²) in [4.78, 5) is -0.0712. The number of sulfonamides is 1. The lowest BCUT2D eigenvalue weighted by atomic mass is 10.0. The summed E-state index contributed by atoms with van der Waals surface area (Å²) < 4.78 is 27.6.